The number of nitrogens with one attached hydrogen (secondary N) is 1. The van der Waals surface area contributed by atoms with Crippen LogP contribution in [0.2, 0.25) is 0 Å². The Balaban J connectivity index is 2.14. The van der Waals surface area contributed by atoms with E-state index in [4.69, 9.17) is 4.84 Å². The van der Waals surface area contributed by atoms with E-state index in [-0.39, 0.29) is 0 Å². The Morgan fingerprint density at radius 2 is 2.30 bits per heavy atom. The van der Waals surface area contributed by atoms with Crippen molar-refractivity contribution in [2.24, 2.45) is 5.92 Å². The molecule has 0 spiro atoms. The minimum absolute atomic E-state index is 0.611. The summed E-state index contributed by atoms with van der Waals surface area (Å²) in [6, 6.07) is 0.611. The Hall–Kier alpha value is -0.0800. The average molecular weight is 143 g/mol. The van der Waals surface area contributed by atoms with Crippen LogP contribution < -0.4 is 5.48 Å². The van der Waals surface area contributed by atoms with E-state index in [0.29, 0.717) is 6.04 Å². The van der Waals surface area contributed by atoms with Crippen LogP contribution in [0.15, 0.2) is 0 Å². The minimum atomic E-state index is 0.611. The molecule has 0 bridgehead atoms. The third kappa shape index (κ3) is 1.96. The van der Waals surface area contributed by atoms with E-state index in [1.165, 1.54) is 19.3 Å². The fraction of sp³-hybridized carbons (Fsp3) is 1.00. The summed E-state index contributed by atoms with van der Waals surface area (Å²) < 4.78 is 0. The molecule has 2 atom stereocenters. The molecule has 2 heteroatoms. The lowest BCUT2D eigenvalue weighted by Gasteiger charge is -2.15. The van der Waals surface area contributed by atoms with Gasteiger partial charge in [0.15, 0.2) is 0 Å². The van der Waals surface area contributed by atoms with Gasteiger partial charge in [-0.2, -0.15) is 5.48 Å². The molecular weight excluding hydrogens is 126 g/mol. The van der Waals surface area contributed by atoms with Crippen molar-refractivity contribution in [1.82, 2.24) is 5.48 Å². The summed E-state index contributed by atoms with van der Waals surface area (Å²) in [6.45, 7) is 5.06. The van der Waals surface area contributed by atoms with Crippen LogP contribution in [0.1, 0.15) is 33.1 Å². The van der Waals surface area contributed by atoms with Gasteiger partial charge in [-0.15, -0.1) is 0 Å². The lowest BCUT2D eigenvalue weighted by molar-refractivity contribution is 0.0168. The largest absolute Gasteiger partial charge is 0.302 e. The number of hydroxylamine groups is 1. The first-order valence-electron chi connectivity index (χ1n) is 4.22. The highest BCUT2D eigenvalue weighted by atomic mass is 16.6. The molecule has 1 saturated carbocycles. The van der Waals surface area contributed by atoms with Crippen molar-refractivity contribution in [3.8, 4) is 0 Å². The van der Waals surface area contributed by atoms with Gasteiger partial charge in [-0.25, -0.2) is 0 Å². The van der Waals surface area contributed by atoms with Gasteiger partial charge in [0.05, 0.1) is 6.61 Å². The zero-order chi connectivity index (χ0) is 7.40. The molecule has 1 fully saturated rings. The van der Waals surface area contributed by atoms with Crippen molar-refractivity contribution >= 4 is 0 Å². The second-order valence-electron chi connectivity index (χ2n) is 3.07. The molecule has 60 valence electrons. The van der Waals surface area contributed by atoms with Gasteiger partial charge in [0.25, 0.3) is 0 Å². The SMILES string of the molecule is CCONC1CCCC1C. The lowest BCUT2D eigenvalue weighted by atomic mass is 10.1. The summed E-state index contributed by atoms with van der Waals surface area (Å²) in [5.74, 6) is 0.798. The predicted molar refractivity (Wildman–Crippen MR) is 41.6 cm³/mol. The molecule has 1 rings (SSSR count). The van der Waals surface area contributed by atoms with Crippen molar-refractivity contribution in [1.29, 1.82) is 0 Å². The smallest absolute Gasteiger partial charge is 0.0654 e. The maximum atomic E-state index is 5.14. The van der Waals surface area contributed by atoms with Crippen LogP contribution in [0.3, 0.4) is 0 Å². The molecular formula is C8H17NO. The summed E-state index contributed by atoms with van der Waals surface area (Å²) in [7, 11) is 0. The molecule has 0 radical (unpaired) electrons. The molecule has 1 aliphatic rings. The van der Waals surface area contributed by atoms with Crippen LogP contribution in [0.5, 0.6) is 0 Å². The molecule has 0 aliphatic heterocycles. The van der Waals surface area contributed by atoms with Crippen molar-refractivity contribution in [2.75, 3.05) is 6.61 Å². The second-order valence-corrected chi connectivity index (χ2v) is 3.07. The maximum Gasteiger partial charge on any atom is 0.0654 e. The Morgan fingerprint density at radius 3 is 2.80 bits per heavy atom. The van der Waals surface area contributed by atoms with Gasteiger partial charge < -0.3 is 4.84 Å². The Morgan fingerprint density at radius 1 is 1.50 bits per heavy atom. The Labute approximate surface area is 62.9 Å². The van der Waals surface area contributed by atoms with Crippen LogP contribution >= 0.6 is 0 Å². The summed E-state index contributed by atoms with van der Waals surface area (Å²) >= 11 is 0. The molecule has 2 nitrogen and oxygen atoms in total. The van der Waals surface area contributed by atoms with Gasteiger partial charge in [0.1, 0.15) is 0 Å². The maximum absolute atomic E-state index is 5.14. The van der Waals surface area contributed by atoms with E-state index in [0.717, 1.165) is 12.5 Å². The third-order valence-electron chi connectivity index (χ3n) is 2.24. The van der Waals surface area contributed by atoms with Crippen molar-refractivity contribution in [3.05, 3.63) is 0 Å². The molecule has 0 aromatic heterocycles. The fourth-order valence-corrected chi connectivity index (χ4v) is 1.51. The highest BCUT2D eigenvalue weighted by Crippen LogP contribution is 2.24. The van der Waals surface area contributed by atoms with E-state index in [1.54, 1.807) is 0 Å². The van der Waals surface area contributed by atoms with Gasteiger partial charge in [0.2, 0.25) is 0 Å². The van der Waals surface area contributed by atoms with Crippen molar-refractivity contribution in [2.45, 2.75) is 39.2 Å². The topological polar surface area (TPSA) is 21.3 Å². The third-order valence-corrected chi connectivity index (χ3v) is 2.24. The number of hydrogen-bond acceptors (Lipinski definition) is 2. The molecule has 0 aromatic rings. The monoisotopic (exact) mass is 143 g/mol. The molecule has 0 amide bonds. The summed E-state index contributed by atoms with van der Waals surface area (Å²) in [5, 5.41) is 0. The Bertz CT molecular complexity index is 95.3. The number of hydrogen-bond donors (Lipinski definition) is 1. The van der Waals surface area contributed by atoms with Crippen LogP contribution in [-0.2, 0) is 4.84 Å². The van der Waals surface area contributed by atoms with Crippen molar-refractivity contribution in [3.63, 3.8) is 0 Å². The zero-order valence-corrected chi connectivity index (χ0v) is 6.89. The van der Waals surface area contributed by atoms with E-state index in [9.17, 15) is 0 Å². The molecule has 1 aliphatic carbocycles. The Kier molecular flexibility index (Phi) is 3.16. The van der Waals surface area contributed by atoms with E-state index >= 15 is 0 Å². The van der Waals surface area contributed by atoms with E-state index < -0.39 is 0 Å². The first-order chi connectivity index (χ1) is 4.84. The van der Waals surface area contributed by atoms with E-state index in [2.05, 4.69) is 12.4 Å². The summed E-state index contributed by atoms with van der Waals surface area (Å²) in [6.07, 6.45) is 3.98. The molecule has 2 unspecified atom stereocenters. The highest BCUT2D eigenvalue weighted by Gasteiger charge is 2.22. The van der Waals surface area contributed by atoms with Gasteiger partial charge in [-0.3, -0.25) is 0 Å². The standard InChI is InChI=1S/C8H17NO/c1-3-10-9-8-6-4-5-7(8)2/h7-9H,3-6H2,1-2H3. The van der Waals surface area contributed by atoms with Crippen LogP contribution in [0.4, 0.5) is 0 Å². The highest BCUT2D eigenvalue weighted by molar-refractivity contribution is 4.77. The van der Waals surface area contributed by atoms with Gasteiger partial charge in [0, 0.05) is 6.04 Å². The van der Waals surface area contributed by atoms with E-state index in [1.807, 2.05) is 6.92 Å². The summed E-state index contributed by atoms with van der Waals surface area (Å²) in [5.41, 5.74) is 3.08. The summed E-state index contributed by atoms with van der Waals surface area (Å²) in [4.78, 5) is 5.14. The zero-order valence-electron chi connectivity index (χ0n) is 6.89. The van der Waals surface area contributed by atoms with Crippen LogP contribution in [0.25, 0.3) is 0 Å². The number of rotatable bonds is 3. The normalized spacial score (nSPS) is 33.0. The quantitative estimate of drug-likeness (QED) is 0.607. The molecule has 0 saturated heterocycles. The first-order valence-corrected chi connectivity index (χ1v) is 4.22. The van der Waals surface area contributed by atoms with Gasteiger partial charge in [-0.05, 0) is 25.7 Å². The second kappa shape index (κ2) is 3.94. The predicted octanol–water partition coefficient (Wildman–Crippen LogP) is 1.72. The van der Waals surface area contributed by atoms with Crippen LogP contribution in [-0.4, -0.2) is 12.6 Å². The lowest BCUT2D eigenvalue weighted by Crippen LogP contribution is -2.31. The molecule has 0 aromatic carbocycles. The molecule has 10 heavy (non-hydrogen) atoms. The molecule has 1 N–H and O–H groups in total. The minimum Gasteiger partial charge on any atom is -0.302 e. The first kappa shape index (κ1) is 8.02. The van der Waals surface area contributed by atoms with Crippen molar-refractivity contribution < 1.29 is 4.84 Å². The van der Waals surface area contributed by atoms with Crippen LogP contribution in [0, 0.1) is 5.92 Å². The molecule has 0 heterocycles. The van der Waals surface area contributed by atoms with Gasteiger partial charge in [-0.1, -0.05) is 13.3 Å². The van der Waals surface area contributed by atoms with Gasteiger partial charge >= 0.3 is 0 Å². The fourth-order valence-electron chi connectivity index (χ4n) is 1.51. The average Bonchev–Trinajstić information content (AvgIpc) is 2.31.